The maximum absolute atomic E-state index is 14.0. The quantitative estimate of drug-likeness (QED) is 0.205. The number of aromatic nitrogens is 2. The molecule has 1 N–H and O–H groups in total. The van der Waals surface area contributed by atoms with Crippen LogP contribution in [0.4, 0.5) is 5.69 Å². The molecule has 0 fully saturated rings. The Morgan fingerprint density at radius 2 is 1.89 bits per heavy atom. The molecule has 0 aliphatic heterocycles. The third-order valence-electron chi connectivity index (χ3n) is 7.07. The molecule has 0 radical (unpaired) electrons. The molecule has 1 unspecified atom stereocenters. The zero-order valence-corrected chi connectivity index (χ0v) is 23.9. The van der Waals surface area contributed by atoms with Crippen LogP contribution in [0.15, 0.2) is 64.5 Å². The second kappa shape index (κ2) is 10.9. The third-order valence-corrected chi connectivity index (χ3v) is 9.16. The molecule has 1 aliphatic rings. The zero-order valence-electron chi connectivity index (χ0n) is 22.2. The first kappa shape index (κ1) is 26.5. The van der Waals surface area contributed by atoms with E-state index in [9.17, 15) is 9.59 Å². The smallest absolute Gasteiger partial charge is 0.267 e. The average Bonchev–Trinajstić information content (AvgIpc) is 3.27. The topological polar surface area (TPSA) is 73.2 Å². The van der Waals surface area contributed by atoms with Crippen molar-refractivity contribution >= 4 is 44.9 Å². The maximum Gasteiger partial charge on any atom is 0.267 e. The number of nitrogens with one attached hydrogen (secondary N) is 1. The minimum Gasteiger partial charge on any atom is -0.494 e. The molecule has 1 aliphatic carbocycles. The number of fused-ring (bicyclic) bond motifs is 3. The van der Waals surface area contributed by atoms with Crippen molar-refractivity contribution in [3.05, 3.63) is 75.4 Å². The number of carbonyl (C=O) groups is 1. The van der Waals surface area contributed by atoms with Gasteiger partial charge in [0.05, 0.1) is 23.4 Å². The number of anilines is 1. The first-order valence-electron chi connectivity index (χ1n) is 13.0. The highest BCUT2D eigenvalue weighted by molar-refractivity contribution is 7.99. The third kappa shape index (κ3) is 5.52. The predicted molar refractivity (Wildman–Crippen MR) is 157 cm³/mol. The van der Waals surface area contributed by atoms with Crippen molar-refractivity contribution in [2.24, 2.45) is 11.3 Å². The number of aryl methyl sites for hydroxylation is 1. The van der Waals surface area contributed by atoms with E-state index in [4.69, 9.17) is 9.72 Å². The van der Waals surface area contributed by atoms with Crippen LogP contribution >= 0.6 is 23.1 Å². The van der Waals surface area contributed by atoms with E-state index in [0.29, 0.717) is 23.4 Å². The number of benzene rings is 2. The monoisotopic (exact) mass is 547 g/mol. The summed E-state index contributed by atoms with van der Waals surface area (Å²) in [5, 5.41) is 4.19. The summed E-state index contributed by atoms with van der Waals surface area (Å²) in [6.45, 7) is 9.41. The highest BCUT2D eigenvalue weighted by Crippen LogP contribution is 2.42. The Kier molecular flexibility index (Phi) is 7.63. The number of nitrogens with zero attached hydrogens (tertiary/aromatic N) is 2. The van der Waals surface area contributed by atoms with E-state index >= 15 is 0 Å². The van der Waals surface area contributed by atoms with Crippen LogP contribution in [0, 0.1) is 11.3 Å². The van der Waals surface area contributed by atoms with Gasteiger partial charge < -0.3 is 10.1 Å². The van der Waals surface area contributed by atoms with E-state index in [1.54, 1.807) is 15.9 Å². The number of thioether (sulfide) groups is 1. The lowest BCUT2D eigenvalue weighted by Gasteiger charge is -2.33. The number of para-hydroxylation sites is 1. The summed E-state index contributed by atoms with van der Waals surface area (Å²) in [5.74, 6) is 1.32. The van der Waals surface area contributed by atoms with Crippen molar-refractivity contribution in [1.29, 1.82) is 0 Å². The molecule has 8 heteroatoms. The summed E-state index contributed by atoms with van der Waals surface area (Å²) in [5.41, 5.74) is 2.79. The van der Waals surface area contributed by atoms with Crippen molar-refractivity contribution in [2.45, 2.75) is 52.1 Å². The molecule has 4 aromatic rings. The van der Waals surface area contributed by atoms with Crippen LogP contribution in [0.25, 0.3) is 15.9 Å². The van der Waals surface area contributed by atoms with Crippen LogP contribution in [0.2, 0.25) is 0 Å². The number of ether oxygens (including phenoxy) is 1. The van der Waals surface area contributed by atoms with Gasteiger partial charge in [0.2, 0.25) is 5.91 Å². The zero-order chi connectivity index (χ0) is 26.9. The molecule has 1 atom stereocenters. The highest BCUT2D eigenvalue weighted by atomic mass is 32.2. The van der Waals surface area contributed by atoms with E-state index < -0.39 is 0 Å². The summed E-state index contributed by atoms with van der Waals surface area (Å²) < 4.78 is 7.14. The van der Waals surface area contributed by atoms with E-state index in [-0.39, 0.29) is 22.6 Å². The molecular formula is C30H33N3O3S2. The second-order valence-electron chi connectivity index (χ2n) is 10.7. The van der Waals surface area contributed by atoms with Crippen LogP contribution in [0.5, 0.6) is 5.75 Å². The molecule has 2 heterocycles. The van der Waals surface area contributed by atoms with Gasteiger partial charge >= 0.3 is 0 Å². The van der Waals surface area contributed by atoms with E-state index in [1.807, 2.05) is 61.5 Å². The number of carbonyl (C=O) groups excluding carboxylic acids is 1. The molecule has 198 valence electrons. The van der Waals surface area contributed by atoms with Crippen molar-refractivity contribution in [3.8, 4) is 11.4 Å². The van der Waals surface area contributed by atoms with E-state index in [2.05, 4.69) is 26.1 Å². The average molecular weight is 548 g/mol. The molecule has 2 aromatic heterocycles. The fourth-order valence-electron chi connectivity index (χ4n) is 4.98. The fraction of sp³-hybridized carbons (Fsp3) is 0.367. The molecule has 2 aromatic carbocycles. The molecule has 0 saturated heterocycles. The summed E-state index contributed by atoms with van der Waals surface area (Å²) in [6.07, 6.45) is 2.97. The van der Waals surface area contributed by atoms with Crippen LogP contribution < -0.4 is 15.6 Å². The molecule has 0 bridgehead atoms. The molecule has 1 amide bonds. The SMILES string of the molecule is CCOc1ccc(NC(=O)CSc2nc3sc4c(c3c(=O)n2-c2ccccc2)CCC(C(C)(C)C)C4)cc1. The van der Waals surface area contributed by atoms with Gasteiger partial charge in [-0.15, -0.1) is 11.3 Å². The van der Waals surface area contributed by atoms with E-state index in [1.165, 1.54) is 16.6 Å². The standard InChI is InChI=1S/C30H33N3O3S2/c1-5-36-22-14-12-20(13-15-22)31-25(34)18-37-29-32-27-26(28(35)33(29)21-9-7-6-8-10-21)23-16-11-19(30(2,3)4)17-24(23)38-27/h6-10,12-15,19H,5,11,16-18H2,1-4H3,(H,31,34). The summed E-state index contributed by atoms with van der Waals surface area (Å²) in [6, 6.07) is 16.9. The normalized spacial score (nSPS) is 15.3. The summed E-state index contributed by atoms with van der Waals surface area (Å²) in [4.78, 5) is 33.8. The maximum atomic E-state index is 14.0. The molecular weight excluding hydrogens is 514 g/mol. The molecule has 0 saturated carbocycles. The predicted octanol–water partition coefficient (Wildman–Crippen LogP) is 6.73. The lowest BCUT2D eigenvalue weighted by atomic mass is 9.72. The van der Waals surface area contributed by atoms with Gasteiger partial charge in [-0.05, 0) is 79.5 Å². The molecule has 38 heavy (non-hydrogen) atoms. The van der Waals surface area contributed by atoms with Gasteiger partial charge in [-0.2, -0.15) is 0 Å². The Balaban J connectivity index is 1.45. The number of thiophene rings is 1. The van der Waals surface area contributed by atoms with Gasteiger partial charge in [-0.3, -0.25) is 14.2 Å². The Bertz CT molecular complexity index is 1500. The fourth-order valence-corrected chi connectivity index (χ4v) is 7.13. The van der Waals surface area contributed by atoms with Crippen molar-refractivity contribution < 1.29 is 9.53 Å². The van der Waals surface area contributed by atoms with Crippen molar-refractivity contribution in [1.82, 2.24) is 9.55 Å². The van der Waals surface area contributed by atoms with Gasteiger partial charge in [-0.25, -0.2) is 4.98 Å². The molecule has 0 spiro atoms. The summed E-state index contributed by atoms with van der Waals surface area (Å²) in [7, 11) is 0. The van der Waals surface area contributed by atoms with Crippen molar-refractivity contribution in [2.75, 3.05) is 17.7 Å². The van der Waals surface area contributed by atoms with Crippen LogP contribution in [-0.2, 0) is 17.6 Å². The summed E-state index contributed by atoms with van der Waals surface area (Å²) >= 11 is 2.93. The lowest BCUT2D eigenvalue weighted by molar-refractivity contribution is -0.113. The molecule has 5 rings (SSSR count). The minimum absolute atomic E-state index is 0.0534. The van der Waals surface area contributed by atoms with Crippen LogP contribution in [0.1, 0.15) is 44.6 Å². The lowest BCUT2D eigenvalue weighted by Crippen LogP contribution is -2.27. The van der Waals surface area contributed by atoms with Gasteiger partial charge in [0, 0.05) is 10.6 Å². The second-order valence-corrected chi connectivity index (χ2v) is 12.7. The Hall–Kier alpha value is -3.10. The van der Waals surface area contributed by atoms with Gasteiger partial charge in [0.1, 0.15) is 10.6 Å². The van der Waals surface area contributed by atoms with Gasteiger partial charge in [0.15, 0.2) is 5.16 Å². The highest BCUT2D eigenvalue weighted by Gasteiger charge is 2.32. The number of hydrogen-bond donors (Lipinski definition) is 1. The Morgan fingerprint density at radius 1 is 1.16 bits per heavy atom. The van der Waals surface area contributed by atoms with Gasteiger partial charge in [-0.1, -0.05) is 50.7 Å². The minimum atomic E-state index is -0.161. The molecule has 6 nitrogen and oxygen atoms in total. The Labute approximate surface area is 231 Å². The Morgan fingerprint density at radius 3 is 2.58 bits per heavy atom. The van der Waals surface area contributed by atoms with Crippen LogP contribution in [-0.4, -0.2) is 27.8 Å². The van der Waals surface area contributed by atoms with Crippen molar-refractivity contribution in [3.63, 3.8) is 0 Å². The number of amides is 1. The number of rotatable bonds is 7. The first-order valence-corrected chi connectivity index (χ1v) is 14.8. The van der Waals surface area contributed by atoms with Crippen LogP contribution in [0.3, 0.4) is 0 Å². The number of hydrogen-bond acceptors (Lipinski definition) is 6. The largest absolute Gasteiger partial charge is 0.494 e. The van der Waals surface area contributed by atoms with Gasteiger partial charge in [0.25, 0.3) is 5.56 Å². The first-order chi connectivity index (χ1) is 18.2. The van der Waals surface area contributed by atoms with E-state index in [0.717, 1.165) is 46.5 Å².